The molecular formula is C17H17N3O3S. The van der Waals surface area contributed by atoms with Gasteiger partial charge in [-0.25, -0.2) is 0 Å². The van der Waals surface area contributed by atoms with Crippen LogP contribution in [0.1, 0.15) is 12.7 Å². The van der Waals surface area contributed by atoms with Crippen LogP contribution in [-0.4, -0.2) is 31.1 Å². The Balaban J connectivity index is 1.69. The molecule has 6 nitrogen and oxygen atoms in total. The zero-order chi connectivity index (χ0) is 17.1. The van der Waals surface area contributed by atoms with Crippen molar-refractivity contribution in [3.05, 3.63) is 48.3 Å². The lowest BCUT2D eigenvalue weighted by molar-refractivity contribution is -0.136. The summed E-state index contributed by atoms with van der Waals surface area (Å²) in [6, 6.07) is 14.0. The van der Waals surface area contributed by atoms with Crippen molar-refractivity contribution in [1.29, 1.82) is 0 Å². The van der Waals surface area contributed by atoms with Crippen LogP contribution in [-0.2, 0) is 18.4 Å². The Kier molecular flexibility index (Phi) is 4.71. The number of ether oxygens (including phenoxy) is 1. The largest absolute Gasteiger partial charge is 0.486 e. The summed E-state index contributed by atoms with van der Waals surface area (Å²) in [5.74, 6) is 0.519. The van der Waals surface area contributed by atoms with Gasteiger partial charge in [0.25, 0.3) is 0 Å². The van der Waals surface area contributed by atoms with Gasteiger partial charge in [0.05, 0.1) is 0 Å². The molecule has 0 fully saturated rings. The SMILES string of the molecule is C[C@H](Sc1nnc(COc2ccc3ccccc3c2)n1C)C(=O)O. The van der Waals surface area contributed by atoms with Crippen LogP contribution in [0.25, 0.3) is 10.8 Å². The van der Waals surface area contributed by atoms with Gasteiger partial charge in [-0.05, 0) is 29.8 Å². The maximum Gasteiger partial charge on any atom is 0.316 e. The second-order valence-electron chi connectivity index (χ2n) is 5.35. The van der Waals surface area contributed by atoms with E-state index in [0.29, 0.717) is 11.0 Å². The van der Waals surface area contributed by atoms with E-state index in [9.17, 15) is 4.79 Å². The number of carbonyl (C=O) groups is 1. The molecule has 0 aliphatic heterocycles. The molecule has 0 radical (unpaired) electrons. The molecule has 124 valence electrons. The first-order chi connectivity index (χ1) is 11.5. The van der Waals surface area contributed by atoms with Crippen LogP contribution in [0, 0.1) is 0 Å². The monoisotopic (exact) mass is 343 g/mol. The number of fused-ring (bicyclic) bond motifs is 1. The number of carboxylic acids is 1. The van der Waals surface area contributed by atoms with Crippen LogP contribution in [0.3, 0.4) is 0 Å². The number of hydrogen-bond acceptors (Lipinski definition) is 5. The summed E-state index contributed by atoms with van der Waals surface area (Å²) in [5, 5.41) is 19.3. The number of thioether (sulfide) groups is 1. The van der Waals surface area contributed by atoms with E-state index in [2.05, 4.69) is 16.3 Å². The minimum absolute atomic E-state index is 0.268. The normalized spacial score (nSPS) is 12.2. The molecule has 7 heteroatoms. The molecule has 0 unspecified atom stereocenters. The fourth-order valence-electron chi connectivity index (χ4n) is 2.19. The molecule has 0 amide bonds. The summed E-state index contributed by atoms with van der Waals surface area (Å²) < 4.78 is 7.55. The first-order valence-electron chi connectivity index (χ1n) is 7.44. The average Bonchev–Trinajstić information content (AvgIpc) is 2.93. The summed E-state index contributed by atoms with van der Waals surface area (Å²) >= 11 is 1.16. The van der Waals surface area contributed by atoms with Gasteiger partial charge in [-0.2, -0.15) is 0 Å². The molecule has 1 aromatic heterocycles. The van der Waals surface area contributed by atoms with E-state index in [-0.39, 0.29) is 6.61 Å². The van der Waals surface area contributed by atoms with Crippen molar-refractivity contribution in [3.63, 3.8) is 0 Å². The molecule has 1 N–H and O–H groups in total. The van der Waals surface area contributed by atoms with E-state index in [1.807, 2.05) is 36.4 Å². The highest BCUT2D eigenvalue weighted by molar-refractivity contribution is 8.00. The summed E-state index contributed by atoms with van der Waals surface area (Å²) in [6.07, 6.45) is 0. The average molecular weight is 343 g/mol. The summed E-state index contributed by atoms with van der Waals surface area (Å²) in [4.78, 5) is 10.9. The molecule has 0 spiro atoms. The lowest BCUT2D eigenvalue weighted by atomic mass is 10.1. The number of hydrogen-bond donors (Lipinski definition) is 1. The molecule has 1 heterocycles. The molecule has 0 bridgehead atoms. The second-order valence-corrected chi connectivity index (χ2v) is 6.66. The highest BCUT2D eigenvalue weighted by Crippen LogP contribution is 2.23. The molecule has 0 aliphatic rings. The van der Waals surface area contributed by atoms with Crippen molar-refractivity contribution >= 4 is 28.5 Å². The number of nitrogens with zero attached hydrogens (tertiary/aromatic N) is 3. The van der Waals surface area contributed by atoms with E-state index in [4.69, 9.17) is 9.84 Å². The summed E-state index contributed by atoms with van der Waals surface area (Å²) in [5.41, 5.74) is 0. The van der Waals surface area contributed by atoms with Gasteiger partial charge in [-0.15, -0.1) is 10.2 Å². The second kappa shape index (κ2) is 6.92. The molecule has 0 aliphatic carbocycles. The van der Waals surface area contributed by atoms with Gasteiger partial charge < -0.3 is 14.4 Å². The Bertz CT molecular complexity index is 878. The highest BCUT2D eigenvalue weighted by atomic mass is 32.2. The van der Waals surface area contributed by atoms with E-state index in [1.165, 1.54) is 0 Å². The molecule has 2 aromatic carbocycles. The standard InChI is InChI=1S/C17H17N3O3S/c1-11(16(21)22)24-17-19-18-15(20(17)2)10-23-14-8-7-12-5-3-4-6-13(12)9-14/h3-9,11H,10H2,1-2H3,(H,21,22)/t11-/m0/s1. The van der Waals surface area contributed by atoms with Crippen molar-refractivity contribution in [2.45, 2.75) is 23.9 Å². The van der Waals surface area contributed by atoms with Gasteiger partial charge in [0.2, 0.25) is 0 Å². The zero-order valence-electron chi connectivity index (χ0n) is 13.3. The van der Waals surface area contributed by atoms with Crippen LogP contribution in [0.15, 0.2) is 47.6 Å². The van der Waals surface area contributed by atoms with Crippen LogP contribution in [0.4, 0.5) is 0 Å². The van der Waals surface area contributed by atoms with Crippen molar-refractivity contribution < 1.29 is 14.6 Å². The van der Waals surface area contributed by atoms with E-state index < -0.39 is 11.2 Å². The Labute approximate surface area is 143 Å². The minimum Gasteiger partial charge on any atom is -0.486 e. The lowest BCUT2D eigenvalue weighted by Gasteiger charge is -2.08. The third-order valence-electron chi connectivity index (χ3n) is 3.64. The number of aliphatic carboxylic acids is 1. The fraction of sp³-hybridized carbons (Fsp3) is 0.235. The van der Waals surface area contributed by atoms with Gasteiger partial charge in [0.1, 0.15) is 17.6 Å². The first-order valence-corrected chi connectivity index (χ1v) is 8.32. The number of rotatable bonds is 6. The topological polar surface area (TPSA) is 77.2 Å². The maximum absolute atomic E-state index is 10.9. The van der Waals surface area contributed by atoms with Gasteiger partial charge in [0.15, 0.2) is 11.0 Å². The van der Waals surface area contributed by atoms with E-state index in [0.717, 1.165) is 28.3 Å². The molecule has 0 saturated heterocycles. The first kappa shape index (κ1) is 16.3. The zero-order valence-corrected chi connectivity index (χ0v) is 14.2. The summed E-state index contributed by atoms with van der Waals surface area (Å²) in [7, 11) is 1.80. The number of carboxylic acid groups (broad SMARTS) is 1. The van der Waals surface area contributed by atoms with Crippen molar-refractivity contribution in [2.75, 3.05) is 0 Å². The Morgan fingerprint density at radius 1 is 1.25 bits per heavy atom. The van der Waals surface area contributed by atoms with Crippen LogP contribution < -0.4 is 4.74 Å². The highest BCUT2D eigenvalue weighted by Gasteiger charge is 2.18. The lowest BCUT2D eigenvalue weighted by Crippen LogP contribution is -2.12. The number of benzene rings is 2. The molecule has 0 saturated carbocycles. The van der Waals surface area contributed by atoms with Gasteiger partial charge >= 0.3 is 5.97 Å². The predicted molar refractivity (Wildman–Crippen MR) is 92.2 cm³/mol. The Morgan fingerprint density at radius 3 is 2.75 bits per heavy atom. The van der Waals surface area contributed by atoms with Gasteiger partial charge in [-0.3, -0.25) is 4.79 Å². The van der Waals surface area contributed by atoms with Crippen LogP contribution in [0.2, 0.25) is 0 Å². The van der Waals surface area contributed by atoms with E-state index in [1.54, 1.807) is 18.5 Å². The van der Waals surface area contributed by atoms with Crippen molar-refractivity contribution in [1.82, 2.24) is 14.8 Å². The molecule has 3 aromatic rings. The Hall–Kier alpha value is -2.54. The maximum atomic E-state index is 10.9. The van der Waals surface area contributed by atoms with E-state index >= 15 is 0 Å². The third-order valence-corrected chi connectivity index (χ3v) is 4.77. The third kappa shape index (κ3) is 3.51. The molecule has 24 heavy (non-hydrogen) atoms. The molecule has 1 atom stereocenters. The smallest absolute Gasteiger partial charge is 0.316 e. The fourth-order valence-corrected chi connectivity index (χ4v) is 2.96. The van der Waals surface area contributed by atoms with Crippen molar-refractivity contribution in [2.24, 2.45) is 7.05 Å². The summed E-state index contributed by atoms with van der Waals surface area (Å²) in [6.45, 7) is 1.89. The quantitative estimate of drug-likeness (QED) is 0.693. The van der Waals surface area contributed by atoms with Crippen molar-refractivity contribution in [3.8, 4) is 5.75 Å². The molecule has 3 rings (SSSR count). The number of aromatic nitrogens is 3. The Morgan fingerprint density at radius 2 is 2.00 bits per heavy atom. The van der Waals surface area contributed by atoms with Gasteiger partial charge in [0, 0.05) is 7.05 Å². The minimum atomic E-state index is -0.878. The molecular weight excluding hydrogens is 326 g/mol. The van der Waals surface area contributed by atoms with Crippen LogP contribution >= 0.6 is 11.8 Å². The predicted octanol–water partition coefficient (Wildman–Crippen LogP) is 3.11. The van der Waals surface area contributed by atoms with Gasteiger partial charge in [-0.1, -0.05) is 42.1 Å². The van der Waals surface area contributed by atoms with Crippen LogP contribution in [0.5, 0.6) is 5.75 Å².